The van der Waals surface area contributed by atoms with Gasteiger partial charge >= 0.3 is 5.63 Å². The molecule has 3 heterocycles. The van der Waals surface area contributed by atoms with E-state index in [0.717, 1.165) is 31.6 Å². The molecular formula is C21H23N3O3S. The lowest BCUT2D eigenvalue weighted by Gasteiger charge is -2.37. The molecule has 7 heteroatoms. The van der Waals surface area contributed by atoms with Crippen LogP contribution >= 0.6 is 11.3 Å². The summed E-state index contributed by atoms with van der Waals surface area (Å²) >= 11 is 1.65. The van der Waals surface area contributed by atoms with Crippen molar-refractivity contribution in [2.45, 2.75) is 6.04 Å². The van der Waals surface area contributed by atoms with E-state index in [1.54, 1.807) is 29.5 Å². The average molecular weight is 398 g/mol. The number of amides is 1. The summed E-state index contributed by atoms with van der Waals surface area (Å²) in [6, 6.07) is 11.0. The van der Waals surface area contributed by atoms with Crippen LogP contribution in [0.4, 0.5) is 0 Å². The van der Waals surface area contributed by atoms with Gasteiger partial charge in [-0.2, -0.15) is 11.3 Å². The molecule has 0 bridgehead atoms. The summed E-state index contributed by atoms with van der Waals surface area (Å²) in [5.74, 6) is -0.395. The number of carbonyl (C=O) groups excluding carboxylic acids is 1. The summed E-state index contributed by atoms with van der Waals surface area (Å²) in [6.45, 7) is 4.35. The number of piperazine rings is 1. The third kappa shape index (κ3) is 4.01. The normalized spacial score (nSPS) is 16.9. The van der Waals surface area contributed by atoms with Gasteiger partial charge in [0.2, 0.25) is 0 Å². The van der Waals surface area contributed by atoms with Crippen LogP contribution in [0, 0.1) is 0 Å². The number of nitrogens with one attached hydrogen (secondary N) is 1. The van der Waals surface area contributed by atoms with Crippen LogP contribution in [0.25, 0.3) is 11.0 Å². The van der Waals surface area contributed by atoms with Crippen molar-refractivity contribution in [3.05, 3.63) is 68.7 Å². The minimum absolute atomic E-state index is 0.0427. The molecule has 0 spiro atoms. The van der Waals surface area contributed by atoms with Crippen molar-refractivity contribution in [3.8, 4) is 0 Å². The number of thiophene rings is 1. The van der Waals surface area contributed by atoms with Gasteiger partial charge in [0, 0.05) is 38.1 Å². The smallest absolute Gasteiger partial charge is 0.349 e. The Labute approximate surface area is 167 Å². The standard InChI is InChI=1S/C21H23N3O3S/c1-23-7-9-24(10-8-23)18(16-6-11-28-14-16)13-22-20(25)17-12-15-4-2-3-5-19(15)27-21(17)26/h2-6,11-12,14,18H,7-10,13H2,1H3,(H,22,25)/t18-/m1/s1. The van der Waals surface area contributed by atoms with E-state index < -0.39 is 11.5 Å². The third-order valence-corrected chi connectivity index (χ3v) is 5.95. The van der Waals surface area contributed by atoms with Gasteiger partial charge in [0.05, 0.1) is 6.04 Å². The number of nitrogens with zero attached hydrogens (tertiary/aromatic N) is 2. The molecule has 1 aliphatic rings. The molecule has 1 atom stereocenters. The van der Waals surface area contributed by atoms with Crippen molar-refractivity contribution in [1.82, 2.24) is 15.1 Å². The van der Waals surface area contributed by atoms with Gasteiger partial charge in [0.25, 0.3) is 5.91 Å². The number of rotatable bonds is 5. The van der Waals surface area contributed by atoms with Gasteiger partial charge in [-0.25, -0.2) is 4.79 Å². The molecule has 1 saturated heterocycles. The minimum atomic E-state index is -0.608. The van der Waals surface area contributed by atoms with Crippen molar-refractivity contribution in [3.63, 3.8) is 0 Å². The fraction of sp³-hybridized carbons (Fsp3) is 0.333. The second-order valence-electron chi connectivity index (χ2n) is 7.11. The van der Waals surface area contributed by atoms with Crippen LogP contribution in [0.3, 0.4) is 0 Å². The molecule has 2 aromatic heterocycles. The summed E-state index contributed by atoms with van der Waals surface area (Å²) in [5, 5.41) is 7.87. The topological polar surface area (TPSA) is 65.8 Å². The van der Waals surface area contributed by atoms with E-state index >= 15 is 0 Å². The Morgan fingerprint density at radius 3 is 2.75 bits per heavy atom. The molecule has 1 amide bonds. The van der Waals surface area contributed by atoms with Gasteiger partial charge in [-0.1, -0.05) is 18.2 Å². The van der Waals surface area contributed by atoms with Crippen LogP contribution in [0.15, 0.2) is 56.4 Å². The van der Waals surface area contributed by atoms with E-state index in [2.05, 4.69) is 39.0 Å². The molecule has 1 N–H and O–H groups in total. The molecule has 0 unspecified atom stereocenters. The summed E-state index contributed by atoms with van der Waals surface area (Å²) < 4.78 is 5.29. The Hall–Kier alpha value is -2.48. The molecular weight excluding hydrogens is 374 g/mol. The molecule has 1 aromatic carbocycles. The zero-order valence-corrected chi connectivity index (χ0v) is 16.6. The monoisotopic (exact) mass is 397 g/mol. The number of benzene rings is 1. The van der Waals surface area contributed by atoms with E-state index in [9.17, 15) is 9.59 Å². The maximum Gasteiger partial charge on any atom is 0.349 e. The molecule has 0 saturated carbocycles. The first-order chi connectivity index (χ1) is 13.6. The largest absolute Gasteiger partial charge is 0.422 e. The first-order valence-corrected chi connectivity index (χ1v) is 10.3. The number of likely N-dealkylation sites (N-methyl/N-ethyl adjacent to an activating group) is 1. The minimum Gasteiger partial charge on any atom is -0.422 e. The number of carbonyl (C=O) groups is 1. The molecule has 6 nitrogen and oxygen atoms in total. The maximum absolute atomic E-state index is 12.7. The van der Waals surface area contributed by atoms with E-state index in [0.29, 0.717) is 12.1 Å². The van der Waals surface area contributed by atoms with Gasteiger partial charge in [-0.15, -0.1) is 0 Å². The van der Waals surface area contributed by atoms with Crippen molar-refractivity contribution in [1.29, 1.82) is 0 Å². The highest BCUT2D eigenvalue weighted by Crippen LogP contribution is 2.24. The van der Waals surface area contributed by atoms with Gasteiger partial charge < -0.3 is 14.6 Å². The summed E-state index contributed by atoms with van der Waals surface area (Å²) in [5.41, 5.74) is 1.11. The van der Waals surface area contributed by atoms with Gasteiger partial charge in [0.15, 0.2) is 0 Å². The lowest BCUT2D eigenvalue weighted by molar-refractivity contribution is 0.0884. The fourth-order valence-electron chi connectivity index (χ4n) is 3.56. The van der Waals surface area contributed by atoms with Gasteiger partial charge in [-0.3, -0.25) is 9.69 Å². The van der Waals surface area contributed by atoms with Crippen LogP contribution in [-0.2, 0) is 0 Å². The zero-order chi connectivity index (χ0) is 19.5. The molecule has 28 heavy (non-hydrogen) atoms. The first-order valence-electron chi connectivity index (χ1n) is 9.37. The SMILES string of the molecule is CN1CCN([C@H](CNC(=O)c2cc3ccccc3oc2=O)c2ccsc2)CC1. The lowest BCUT2D eigenvalue weighted by Crippen LogP contribution is -2.48. The number of hydrogen-bond acceptors (Lipinski definition) is 6. The molecule has 4 rings (SSSR count). The van der Waals surface area contributed by atoms with Crippen LogP contribution in [0.5, 0.6) is 0 Å². The molecule has 146 valence electrons. The number of para-hydroxylation sites is 1. The third-order valence-electron chi connectivity index (χ3n) is 5.25. The van der Waals surface area contributed by atoms with E-state index in [1.807, 2.05) is 12.1 Å². The molecule has 0 aliphatic carbocycles. The number of hydrogen-bond donors (Lipinski definition) is 1. The van der Waals surface area contributed by atoms with E-state index in [4.69, 9.17) is 4.42 Å². The quantitative estimate of drug-likeness (QED) is 0.671. The fourth-order valence-corrected chi connectivity index (χ4v) is 4.27. The summed E-state index contributed by atoms with van der Waals surface area (Å²) in [4.78, 5) is 29.7. The maximum atomic E-state index is 12.7. The van der Waals surface area contributed by atoms with Crippen LogP contribution in [0.2, 0.25) is 0 Å². The predicted molar refractivity (Wildman–Crippen MR) is 111 cm³/mol. The Balaban J connectivity index is 1.51. The van der Waals surface area contributed by atoms with Crippen molar-refractivity contribution in [2.24, 2.45) is 0 Å². The van der Waals surface area contributed by atoms with Gasteiger partial charge in [0.1, 0.15) is 11.1 Å². The van der Waals surface area contributed by atoms with Crippen molar-refractivity contribution in [2.75, 3.05) is 39.8 Å². The van der Waals surface area contributed by atoms with Crippen molar-refractivity contribution >= 4 is 28.2 Å². The highest BCUT2D eigenvalue weighted by molar-refractivity contribution is 7.07. The average Bonchev–Trinajstić information content (AvgIpc) is 3.23. The van der Waals surface area contributed by atoms with E-state index in [-0.39, 0.29) is 11.6 Å². The summed E-state index contributed by atoms with van der Waals surface area (Å²) in [6.07, 6.45) is 0. The summed E-state index contributed by atoms with van der Waals surface area (Å²) in [7, 11) is 2.12. The molecule has 1 aliphatic heterocycles. The highest BCUT2D eigenvalue weighted by atomic mass is 32.1. The second-order valence-corrected chi connectivity index (χ2v) is 7.89. The van der Waals surface area contributed by atoms with Crippen LogP contribution in [-0.4, -0.2) is 55.5 Å². The van der Waals surface area contributed by atoms with Gasteiger partial charge in [-0.05, 0) is 41.6 Å². The zero-order valence-electron chi connectivity index (χ0n) is 15.8. The molecule has 0 radical (unpaired) electrons. The number of fused-ring (bicyclic) bond motifs is 1. The van der Waals surface area contributed by atoms with Crippen LogP contribution in [0.1, 0.15) is 22.0 Å². The second kappa shape index (κ2) is 8.26. The first kappa shape index (κ1) is 18.9. The lowest BCUT2D eigenvalue weighted by atomic mass is 10.1. The van der Waals surface area contributed by atoms with Crippen LogP contribution < -0.4 is 10.9 Å². The Morgan fingerprint density at radius 2 is 2.00 bits per heavy atom. The Kier molecular flexibility index (Phi) is 5.57. The predicted octanol–water partition coefficient (Wildman–Crippen LogP) is 2.57. The Bertz CT molecular complexity index is 1010. The molecule has 1 fully saturated rings. The molecule has 3 aromatic rings. The Morgan fingerprint density at radius 1 is 1.21 bits per heavy atom. The van der Waals surface area contributed by atoms with E-state index in [1.165, 1.54) is 5.56 Å². The highest BCUT2D eigenvalue weighted by Gasteiger charge is 2.25. The van der Waals surface area contributed by atoms with Crippen molar-refractivity contribution < 1.29 is 9.21 Å².